The number of rotatable bonds is 3. The van der Waals surface area contributed by atoms with Crippen molar-refractivity contribution in [2.75, 3.05) is 12.6 Å². The highest BCUT2D eigenvalue weighted by Gasteiger charge is 2.07. The number of aromatic nitrogens is 2. The first-order chi connectivity index (χ1) is 5.25. The van der Waals surface area contributed by atoms with Gasteiger partial charge >= 0.3 is 0 Å². The molecule has 1 rings (SSSR count). The van der Waals surface area contributed by atoms with Crippen molar-refractivity contribution < 1.29 is 4.84 Å². The molecule has 0 aliphatic carbocycles. The van der Waals surface area contributed by atoms with Gasteiger partial charge in [-0.25, -0.2) is 0 Å². The van der Waals surface area contributed by atoms with Crippen LogP contribution in [0.1, 0.15) is 25.5 Å². The number of H-pyrrole nitrogens is 1. The van der Waals surface area contributed by atoms with Crippen LogP contribution < -0.4 is 5.48 Å². The quantitative estimate of drug-likeness (QED) is 0.650. The van der Waals surface area contributed by atoms with Crippen LogP contribution in [0.4, 0.5) is 5.69 Å². The zero-order valence-corrected chi connectivity index (χ0v) is 7.01. The maximum absolute atomic E-state index is 4.77. The van der Waals surface area contributed by atoms with Crippen molar-refractivity contribution in [3.63, 3.8) is 0 Å². The van der Waals surface area contributed by atoms with Gasteiger partial charge in [0.05, 0.1) is 19.0 Å². The van der Waals surface area contributed by atoms with E-state index in [9.17, 15) is 0 Å². The molecule has 4 nitrogen and oxygen atoms in total. The van der Waals surface area contributed by atoms with Crippen molar-refractivity contribution >= 4 is 5.69 Å². The number of nitrogens with one attached hydrogen (secondary N) is 2. The van der Waals surface area contributed by atoms with Gasteiger partial charge in [-0.1, -0.05) is 13.8 Å². The van der Waals surface area contributed by atoms with E-state index in [1.807, 2.05) is 0 Å². The Morgan fingerprint density at radius 2 is 2.36 bits per heavy atom. The summed E-state index contributed by atoms with van der Waals surface area (Å²) >= 11 is 0. The zero-order valence-electron chi connectivity index (χ0n) is 7.01. The molecule has 0 aliphatic heterocycles. The first-order valence-electron chi connectivity index (χ1n) is 3.58. The van der Waals surface area contributed by atoms with E-state index in [0.29, 0.717) is 5.92 Å². The Labute approximate surface area is 65.9 Å². The Morgan fingerprint density at radius 1 is 1.64 bits per heavy atom. The van der Waals surface area contributed by atoms with Crippen LogP contribution in [-0.4, -0.2) is 17.3 Å². The first kappa shape index (κ1) is 8.07. The molecule has 0 saturated carbocycles. The van der Waals surface area contributed by atoms with Crippen molar-refractivity contribution in [1.29, 1.82) is 0 Å². The molecule has 0 radical (unpaired) electrons. The van der Waals surface area contributed by atoms with E-state index in [4.69, 9.17) is 4.84 Å². The van der Waals surface area contributed by atoms with Gasteiger partial charge in [-0.3, -0.25) is 15.4 Å². The molecule has 1 heterocycles. The highest BCUT2D eigenvalue weighted by molar-refractivity contribution is 5.45. The Balaban J connectivity index is 2.78. The van der Waals surface area contributed by atoms with Gasteiger partial charge in [-0.2, -0.15) is 5.10 Å². The molecule has 11 heavy (non-hydrogen) atoms. The summed E-state index contributed by atoms with van der Waals surface area (Å²) in [5.74, 6) is 0.426. The Kier molecular flexibility index (Phi) is 2.48. The van der Waals surface area contributed by atoms with Crippen molar-refractivity contribution in [2.45, 2.75) is 19.8 Å². The third kappa shape index (κ3) is 1.71. The van der Waals surface area contributed by atoms with Crippen LogP contribution in [0.3, 0.4) is 0 Å². The lowest BCUT2D eigenvalue weighted by Crippen LogP contribution is -1.99. The third-order valence-corrected chi connectivity index (χ3v) is 1.46. The molecule has 0 aromatic carbocycles. The van der Waals surface area contributed by atoms with Gasteiger partial charge in [0.1, 0.15) is 5.69 Å². The lowest BCUT2D eigenvalue weighted by Gasteiger charge is -2.05. The summed E-state index contributed by atoms with van der Waals surface area (Å²) in [5.41, 5.74) is 4.71. The maximum atomic E-state index is 4.77. The molecule has 1 aromatic rings. The number of hydrogen-bond donors (Lipinski definition) is 2. The molecule has 0 bridgehead atoms. The second-order valence-corrected chi connectivity index (χ2v) is 2.66. The Morgan fingerprint density at radius 3 is 2.91 bits per heavy atom. The molecular weight excluding hydrogens is 142 g/mol. The van der Waals surface area contributed by atoms with Gasteiger partial charge in [-0.15, -0.1) is 0 Å². The average molecular weight is 155 g/mol. The minimum atomic E-state index is 0.426. The molecule has 0 amide bonds. The molecule has 0 aliphatic rings. The molecule has 2 N–H and O–H groups in total. The maximum Gasteiger partial charge on any atom is 0.102 e. The van der Waals surface area contributed by atoms with Gasteiger partial charge in [0, 0.05) is 0 Å². The van der Waals surface area contributed by atoms with Gasteiger partial charge in [0.15, 0.2) is 0 Å². The lowest BCUT2D eigenvalue weighted by atomic mass is 10.1. The molecule has 1 aromatic heterocycles. The fraction of sp³-hybridized carbons (Fsp3) is 0.571. The van der Waals surface area contributed by atoms with E-state index in [0.717, 1.165) is 11.4 Å². The largest absolute Gasteiger partial charge is 0.280 e. The number of nitrogens with zero attached hydrogens (tertiary/aromatic N) is 1. The van der Waals surface area contributed by atoms with Gasteiger partial charge in [0.2, 0.25) is 0 Å². The summed E-state index contributed by atoms with van der Waals surface area (Å²) in [6.07, 6.45) is 1.71. The standard InChI is InChI=1S/C7H13N3O/c1-5(2)7-6(10-11-3)4-8-9-7/h4-5,10H,1-3H3,(H,8,9). The molecule has 0 saturated heterocycles. The highest BCUT2D eigenvalue weighted by Crippen LogP contribution is 2.20. The highest BCUT2D eigenvalue weighted by atomic mass is 16.6. The monoisotopic (exact) mass is 155 g/mol. The van der Waals surface area contributed by atoms with E-state index in [1.54, 1.807) is 13.3 Å². The van der Waals surface area contributed by atoms with Gasteiger partial charge in [0.25, 0.3) is 0 Å². The summed E-state index contributed by atoms with van der Waals surface area (Å²) in [6.45, 7) is 4.18. The van der Waals surface area contributed by atoms with Crippen LogP contribution in [0.5, 0.6) is 0 Å². The zero-order chi connectivity index (χ0) is 8.27. The van der Waals surface area contributed by atoms with Crippen LogP contribution in [0.25, 0.3) is 0 Å². The smallest absolute Gasteiger partial charge is 0.102 e. The van der Waals surface area contributed by atoms with Crippen LogP contribution in [0.15, 0.2) is 6.20 Å². The van der Waals surface area contributed by atoms with Crippen LogP contribution >= 0.6 is 0 Å². The number of aromatic amines is 1. The summed E-state index contributed by atoms with van der Waals surface area (Å²) < 4.78 is 0. The minimum absolute atomic E-state index is 0.426. The third-order valence-electron chi connectivity index (χ3n) is 1.46. The molecule has 4 heteroatoms. The molecule has 0 fully saturated rings. The second kappa shape index (κ2) is 3.39. The van der Waals surface area contributed by atoms with Crippen molar-refractivity contribution in [1.82, 2.24) is 10.2 Å². The molecule has 0 atom stereocenters. The second-order valence-electron chi connectivity index (χ2n) is 2.66. The van der Waals surface area contributed by atoms with E-state index >= 15 is 0 Å². The Bertz CT molecular complexity index is 219. The van der Waals surface area contributed by atoms with E-state index < -0.39 is 0 Å². The van der Waals surface area contributed by atoms with E-state index in [2.05, 4.69) is 29.5 Å². The van der Waals surface area contributed by atoms with Crippen LogP contribution in [0.2, 0.25) is 0 Å². The van der Waals surface area contributed by atoms with E-state index in [-0.39, 0.29) is 0 Å². The predicted molar refractivity (Wildman–Crippen MR) is 43.3 cm³/mol. The van der Waals surface area contributed by atoms with Gasteiger partial charge in [-0.05, 0) is 5.92 Å². The molecule has 0 unspecified atom stereocenters. The average Bonchev–Trinajstić information content (AvgIpc) is 2.36. The molecule has 0 spiro atoms. The minimum Gasteiger partial charge on any atom is -0.280 e. The summed E-state index contributed by atoms with van der Waals surface area (Å²) in [6, 6.07) is 0. The summed E-state index contributed by atoms with van der Waals surface area (Å²) in [4.78, 5) is 4.77. The van der Waals surface area contributed by atoms with Gasteiger partial charge < -0.3 is 0 Å². The lowest BCUT2D eigenvalue weighted by molar-refractivity contribution is 0.270. The van der Waals surface area contributed by atoms with Crippen molar-refractivity contribution in [3.8, 4) is 0 Å². The molecule has 62 valence electrons. The normalized spacial score (nSPS) is 10.5. The predicted octanol–water partition coefficient (Wildman–Crippen LogP) is 1.51. The number of anilines is 1. The van der Waals surface area contributed by atoms with Crippen molar-refractivity contribution in [3.05, 3.63) is 11.9 Å². The summed E-state index contributed by atoms with van der Waals surface area (Å²) in [7, 11) is 1.58. The van der Waals surface area contributed by atoms with Crippen LogP contribution in [-0.2, 0) is 4.84 Å². The SMILES string of the molecule is CONc1cn[nH]c1C(C)C. The molecular formula is C7H13N3O. The first-order valence-corrected chi connectivity index (χ1v) is 3.58. The van der Waals surface area contributed by atoms with E-state index in [1.165, 1.54) is 0 Å². The Hall–Kier alpha value is -1.03. The topological polar surface area (TPSA) is 49.9 Å². The van der Waals surface area contributed by atoms with Crippen LogP contribution in [0, 0.1) is 0 Å². The fourth-order valence-electron chi connectivity index (χ4n) is 0.928. The summed E-state index contributed by atoms with van der Waals surface area (Å²) in [5, 5.41) is 6.79. The number of hydrogen-bond acceptors (Lipinski definition) is 3. The fourth-order valence-corrected chi connectivity index (χ4v) is 0.928. The van der Waals surface area contributed by atoms with Crippen molar-refractivity contribution in [2.24, 2.45) is 0 Å².